The summed E-state index contributed by atoms with van der Waals surface area (Å²) < 4.78 is 0.915. The molecule has 0 amide bonds. The molecule has 2 heterocycles. The molecule has 0 atom stereocenters. The molecule has 0 bridgehead atoms. The fourth-order valence-corrected chi connectivity index (χ4v) is 1.65. The zero-order valence-electron chi connectivity index (χ0n) is 10.1. The van der Waals surface area contributed by atoms with Crippen LogP contribution in [0.15, 0.2) is 29.1 Å². The van der Waals surface area contributed by atoms with Crippen LogP contribution in [-0.2, 0) is 0 Å². The van der Waals surface area contributed by atoms with Gasteiger partial charge in [-0.1, -0.05) is 0 Å². The molecule has 7 heteroatoms. The Bertz CT molecular complexity index is 540. The van der Waals surface area contributed by atoms with Gasteiger partial charge in [0.1, 0.15) is 17.8 Å². The van der Waals surface area contributed by atoms with Crippen LogP contribution in [-0.4, -0.2) is 29.0 Å². The highest BCUT2D eigenvalue weighted by Crippen LogP contribution is 2.26. The monoisotopic (exact) mass is 308 g/mol. The van der Waals surface area contributed by atoms with Gasteiger partial charge in [-0.3, -0.25) is 0 Å². The van der Waals surface area contributed by atoms with Gasteiger partial charge in [-0.2, -0.15) is 0 Å². The van der Waals surface area contributed by atoms with Gasteiger partial charge >= 0.3 is 0 Å². The van der Waals surface area contributed by atoms with Crippen molar-refractivity contribution in [3.05, 3.63) is 29.1 Å². The number of pyridine rings is 1. The molecular formula is C11H13BrN6. The second-order valence-electron chi connectivity index (χ2n) is 3.84. The van der Waals surface area contributed by atoms with Crippen molar-refractivity contribution in [3.8, 4) is 0 Å². The summed E-state index contributed by atoms with van der Waals surface area (Å²) in [6.07, 6.45) is 3.17. The molecule has 0 aliphatic heterocycles. The van der Waals surface area contributed by atoms with E-state index in [2.05, 4.69) is 36.2 Å². The lowest BCUT2D eigenvalue weighted by molar-refractivity contribution is 1.04. The lowest BCUT2D eigenvalue weighted by Gasteiger charge is -2.15. The summed E-state index contributed by atoms with van der Waals surface area (Å²) in [5.41, 5.74) is 6.49. The van der Waals surface area contributed by atoms with Crippen molar-refractivity contribution < 1.29 is 0 Å². The molecule has 3 N–H and O–H groups in total. The first-order valence-electron chi connectivity index (χ1n) is 5.24. The van der Waals surface area contributed by atoms with Crippen LogP contribution in [0, 0.1) is 0 Å². The van der Waals surface area contributed by atoms with Gasteiger partial charge in [0.15, 0.2) is 11.6 Å². The van der Waals surface area contributed by atoms with Gasteiger partial charge < -0.3 is 16.0 Å². The quantitative estimate of drug-likeness (QED) is 0.903. The van der Waals surface area contributed by atoms with Crippen molar-refractivity contribution in [2.24, 2.45) is 0 Å². The smallest absolute Gasteiger partial charge is 0.160 e. The lowest BCUT2D eigenvalue weighted by Crippen LogP contribution is -2.14. The molecular weight excluding hydrogens is 296 g/mol. The largest absolute Gasteiger partial charge is 0.393 e. The highest BCUT2D eigenvalue weighted by atomic mass is 79.9. The zero-order chi connectivity index (χ0) is 13.1. The number of hydrogen-bond donors (Lipinski definition) is 2. The van der Waals surface area contributed by atoms with Crippen molar-refractivity contribution in [3.63, 3.8) is 0 Å². The van der Waals surface area contributed by atoms with E-state index >= 15 is 0 Å². The van der Waals surface area contributed by atoms with E-state index < -0.39 is 0 Å². The topological polar surface area (TPSA) is 80.0 Å². The Balaban J connectivity index is 2.29. The Morgan fingerprint density at radius 3 is 2.61 bits per heavy atom. The first-order chi connectivity index (χ1) is 8.58. The van der Waals surface area contributed by atoms with Crippen molar-refractivity contribution in [1.29, 1.82) is 0 Å². The minimum absolute atomic E-state index is 0.493. The number of nitrogens with two attached hydrogens (primary N) is 1. The van der Waals surface area contributed by atoms with Gasteiger partial charge in [0.05, 0.1) is 0 Å². The number of anilines is 4. The molecule has 0 spiro atoms. The number of rotatable bonds is 3. The zero-order valence-corrected chi connectivity index (χ0v) is 11.6. The molecule has 0 saturated carbocycles. The van der Waals surface area contributed by atoms with Gasteiger partial charge in [0, 0.05) is 24.8 Å². The highest BCUT2D eigenvalue weighted by molar-refractivity contribution is 9.10. The molecule has 0 fully saturated rings. The Morgan fingerprint density at radius 2 is 2.00 bits per heavy atom. The maximum Gasteiger partial charge on any atom is 0.160 e. The van der Waals surface area contributed by atoms with Crippen LogP contribution in [0.3, 0.4) is 0 Å². The highest BCUT2D eigenvalue weighted by Gasteiger charge is 2.09. The summed E-state index contributed by atoms with van der Waals surface area (Å²) >= 11 is 3.33. The standard InChI is InChI=1S/C11H13BrN6/c1-18(2)11-9(13)10(15-6-16-11)17-8-4-3-7(12)5-14-8/h3-6H,13H2,1-2H3,(H,14,15,16,17). The summed E-state index contributed by atoms with van der Waals surface area (Å²) in [4.78, 5) is 14.3. The molecule has 2 aromatic heterocycles. The summed E-state index contributed by atoms with van der Waals surface area (Å²) in [5, 5.41) is 3.06. The molecule has 0 unspecified atom stereocenters. The molecule has 0 radical (unpaired) electrons. The van der Waals surface area contributed by atoms with E-state index in [1.54, 1.807) is 6.20 Å². The summed E-state index contributed by atoms with van der Waals surface area (Å²) in [6, 6.07) is 3.72. The fourth-order valence-electron chi connectivity index (χ4n) is 1.41. The molecule has 0 aliphatic carbocycles. The van der Waals surface area contributed by atoms with E-state index in [4.69, 9.17) is 5.73 Å². The van der Waals surface area contributed by atoms with Crippen molar-refractivity contribution >= 4 is 39.1 Å². The van der Waals surface area contributed by atoms with Gasteiger partial charge in [-0.25, -0.2) is 15.0 Å². The predicted molar refractivity (Wildman–Crippen MR) is 76.0 cm³/mol. The number of hydrogen-bond acceptors (Lipinski definition) is 6. The normalized spacial score (nSPS) is 10.2. The third-order valence-corrected chi connectivity index (χ3v) is 2.73. The number of nitrogens with zero attached hydrogens (tertiary/aromatic N) is 4. The third-order valence-electron chi connectivity index (χ3n) is 2.26. The summed E-state index contributed by atoms with van der Waals surface area (Å²) in [6.45, 7) is 0. The second kappa shape index (κ2) is 5.18. The van der Waals surface area contributed by atoms with E-state index in [1.807, 2.05) is 31.1 Å². The maximum atomic E-state index is 6.00. The minimum atomic E-state index is 0.493. The van der Waals surface area contributed by atoms with Crippen LogP contribution in [0.25, 0.3) is 0 Å². The van der Waals surface area contributed by atoms with Gasteiger partial charge in [0.25, 0.3) is 0 Å². The molecule has 0 saturated heterocycles. The van der Waals surface area contributed by atoms with Crippen molar-refractivity contribution in [2.45, 2.75) is 0 Å². The van der Waals surface area contributed by atoms with Crippen molar-refractivity contribution in [1.82, 2.24) is 15.0 Å². The van der Waals surface area contributed by atoms with Crippen LogP contribution in [0.5, 0.6) is 0 Å². The van der Waals surface area contributed by atoms with E-state index in [0.717, 1.165) is 4.47 Å². The average Bonchev–Trinajstić information content (AvgIpc) is 2.34. The van der Waals surface area contributed by atoms with E-state index in [-0.39, 0.29) is 0 Å². The second-order valence-corrected chi connectivity index (χ2v) is 4.76. The van der Waals surface area contributed by atoms with Gasteiger partial charge in [-0.05, 0) is 28.1 Å². The maximum absolute atomic E-state index is 6.00. The Kier molecular flexibility index (Phi) is 3.61. The van der Waals surface area contributed by atoms with Crippen LogP contribution < -0.4 is 16.0 Å². The van der Waals surface area contributed by atoms with Crippen LogP contribution in [0.1, 0.15) is 0 Å². The number of nitrogens with one attached hydrogen (secondary N) is 1. The van der Waals surface area contributed by atoms with E-state index in [9.17, 15) is 0 Å². The molecule has 2 aromatic rings. The average molecular weight is 309 g/mol. The number of nitrogen functional groups attached to an aromatic ring is 1. The van der Waals surface area contributed by atoms with Crippen LogP contribution in [0.2, 0.25) is 0 Å². The van der Waals surface area contributed by atoms with Crippen LogP contribution in [0.4, 0.5) is 23.1 Å². The first-order valence-corrected chi connectivity index (χ1v) is 6.03. The van der Waals surface area contributed by atoms with Gasteiger partial charge in [-0.15, -0.1) is 0 Å². The number of halogens is 1. The minimum Gasteiger partial charge on any atom is -0.393 e. The van der Waals surface area contributed by atoms with Gasteiger partial charge in [0.2, 0.25) is 0 Å². The van der Waals surface area contributed by atoms with E-state index in [0.29, 0.717) is 23.1 Å². The third kappa shape index (κ3) is 2.67. The SMILES string of the molecule is CN(C)c1ncnc(Nc2ccc(Br)cn2)c1N. The molecule has 18 heavy (non-hydrogen) atoms. The Morgan fingerprint density at radius 1 is 1.22 bits per heavy atom. The van der Waals surface area contributed by atoms with Crippen LogP contribution >= 0.6 is 15.9 Å². The Labute approximate surface area is 113 Å². The first kappa shape index (κ1) is 12.6. The molecule has 0 aromatic carbocycles. The van der Waals surface area contributed by atoms with E-state index in [1.165, 1.54) is 6.33 Å². The molecule has 0 aliphatic rings. The number of aromatic nitrogens is 3. The lowest BCUT2D eigenvalue weighted by atomic mass is 10.4. The summed E-state index contributed by atoms with van der Waals surface area (Å²) in [7, 11) is 3.75. The van der Waals surface area contributed by atoms with Crippen molar-refractivity contribution in [2.75, 3.05) is 30.0 Å². The Hall–Kier alpha value is -1.89. The predicted octanol–water partition coefficient (Wildman–Crippen LogP) is 2.03. The molecule has 2 rings (SSSR count). The molecule has 6 nitrogen and oxygen atoms in total. The molecule has 94 valence electrons. The fraction of sp³-hybridized carbons (Fsp3) is 0.182. The summed E-state index contributed by atoms with van der Waals surface area (Å²) in [5.74, 6) is 1.89.